The van der Waals surface area contributed by atoms with Gasteiger partial charge in [-0.25, -0.2) is 0 Å². The zero-order valence-electron chi connectivity index (χ0n) is 12.4. The largest absolute Gasteiger partial charge is 0.380 e. The summed E-state index contributed by atoms with van der Waals surface area (Å²) >= 11 is 0. The number of rotatable bonds is 7. The van der Waals surface area contributed by atoms with E-state index in [4.69, 9.17) is 10.5 Å². The standard InChI is InChI=1S/C15H24N2O2.ClH/c1-4-15(5-2,11-16)17-14(18)13-8-6-7-12(9-13)10-19-3;/h6-9H,4-5,10-11,16H2,1-3H3,(H,17,18);1H. The summed E-state index contributed by atoms with van der Waals surface area (Å²) in [6.07, 6.45) is 1.65. The van der Waals surface area contributed by atoms with Crippen molar-refractivity contribution in [3.63, 3.8) is 0 Å². The van der Waals surface area contributed by atoms with Crippen LogP contribution in [0.3, 0.4) is 0 Å². The summed E-state index contributed by atoms with van der Waals surface area (Å²) in [5.74, 6) is -0.0768. The van der Waals surface area contributed by atoms with Gasteiger partial charge in [0.15, 0.2) is 0 Å². The molecule has 3 N–H and O–H groups in total. The molecular formula is C15H25ClN2O2. The van der Waals surface area contributed by atoms with Crippen LogP contribution in [0.2, 0.25) is 0 Å². The van der Waals surface area contributed by atoms with Crippen molar-refractivity contribution in [1.29, 1.82) is 0 Å². The third-order valence-corrected chi connectivity index (χ3v) is 3.62. The lowest BCUT2D eigenvalue weighted by Gasteiger charge is -2.31. The molecule has 0 saturated carbocycles. The van der Waals surface area contributed by atoms with Crippen LogP contribution in [0, 0.1) is 0 Å². The van der Waals surface area contributed by atoms with Gasteiger partial charge in [-0.15, -0.1) is 12.4 Å². The molecule has 0 aliphatic rings. The van der Waals surface area contributed by atoms with Crippen LogP contribution < -0.4 is 11.1 Å². The number of amides is 1. The number of ether oxygens (including phenoxy) is 1. The van der Waals surface area contributed by atoms with Gasteiger partial charge in [0.25, 0.3) is 5.91 Å². The summed E-state index contributed by atoms with van der Waals surface area (Å²) in [4.78, 5) is 12.3. The number of carbonyl (C=O) groups is 1. The van der Waals surface area contributed by atoms with Gasteiger partial charge in [0.05, 0.1) is 12.1 Å². The fourth-order valence-electron chi connectivity index (χ4n) is 2.05. The molecule has 0 heterocycles. The minimum atomic E-state index is -0.311. The highest BCUT2D eigenvalue weighted by atomic mass is 35.5. The average molecular weight is 301 g/mol. The lowest BCUT2D eigenvalue weighted by atomic mass is 9.92. The van der Waals surface area contributed by atoms with Crippen LogP contribution in [0.4, 0.5) is 0 Å². The van der Waals surface area contributed by atoms with Gasteiger partial charge in [0.1, 0.15) is 0 Å². The molecule has 0 spiro atoms. The normalized spacial score (nSPS) is 10.8. The second-order valence-corrected chi connectivity index (χ2v) is 4.78. The van der Waals surface area contributed by atoms with Gasteiger partial charge in [-0.05, 0) is 30.5 Å². The first-order chi connectivity index (χ1) is 9.10. The fourth-order valence-corrected chi connectivity index (χ4v) is 2.05. The smallest absolute Gasteiger partial charge is 0.251 e. The van der Waals surface area contributed by atoms with Crippen molar-refractivity contribution in [1.82, 2.24) is 5.32 Å². The van der Waals surface area contributed by atoms with Crippen molar-refractivity contribution in [3.8, 4) is 0 Å². The van der Waals surface area contributed by atoms with Crippen LogP contribution in [0.1, 0.15) is 42.6 Å². The molecule has 114 valence electrons. The highest BCUT2D eigenvalue weighted by molar-refractivity contribution is 5.94. The van der Waals surface area contributed by atoms with Gasteiger partial charge >= 0.3 is 0 Å². The zero-order chi connectivity index (χ0) is 14.3. The molecule has 0 aliphatic carbocycles. The second kappa shape index (κ2) is 8.95. The van der Waals surface area contributed by atoms with E-state index in [0.29, 0.717) is 18.7 Å². The molecule has 20 heavy (non-hydrogen) atoms. The second-order valence-electron chi connectivity index (χ2n) is 4.78. The summed E-state index contributed by atoms with van der Waals surface area (Å²) < 4.78 is 5.08. The quantitative estimate of drug-likeness (QED) is 0.813. The van der Waals surface area contributed by atoms with E-state index in [-0.39, 0.29) is 23.9 Å². The average Bonchev–Trinajstić information content (AvgIpc) is 2.45. The van der Waals surface area contributed by atoms with E-state index in [1.807, 2.05) is 32.0 Å². The summed E-state index contributed by atoms with van der Waals surface area (Å²) in [5.41, 5.74) is 7.12. The SMILES string of the molecule is CCC(CC)(CN)NC(=O)c1cccc(COC)c1.Cl. The van der Waals surface area contributed by atoms with E-state index in [1.165, 1.54) is 0 Å². The van der Waals surface area contributed by atoms with E-state index in [1.54, 1.807) is 13.2 Å². The van der Waals surface area contributed by atoms with E-state index in [2.05, 4.69) is 5.32 Å². The third kappa shape index (κ3) is 4.78. The fraction of sp³-hybridized carbons (Fsp3) is 0.533. The summed E-state index contributed by atoms with van der Waals surface area (Å²) in [6.45, 7) is 5.03. The molecule has 0 aliphatic heterocycles. The first-order valence-corrected chi connectivity index (χ1v) is 6.71. The number of methoxy groups -OCH3 is 1. The topological polar surface area (TPSA) is 64.3 Å². The first-order valence-electron chi connectivity index (χ1n) is 6.71. The van der Waals surface area contributed by atoms with Gasteiger partial charge in [-0.2, -0.15) is 0 Å². The Kier molecular flexibility index (Phi) is 8.46. The Balaban J connectivity index is 0.00000361. The molecule has 0 radical (unpaired) electrons. The molecule has 1 rings (SSSR count). The lowest BCUT2D eigenvalue weighted by molar-refractivity contribution is 0.0895. The Hall–Kier alpha value is -1.10. The third-order valence-electron chi connectivity index (χ3n) is 3.62. The van der Waals surface area contributed by atoms with Gasteiger partial charge in [-0.3, -0.25) is 4.79 Å². The first kappa shape index (κ1) is 18.9. The molecule has 0 aromatic heterocycles. The Morgan fingerprint density at radius 2 is 2.00 bits per heavy atom. The van der Waals surface area contributed by atoms with E-state index >= 15 is 0 Å². The molecule has 0 saturated heterocycles. The number of halogens is 1. The predicted molar refractivity (Wildman–Crippen MR) is 84.2 cm³/mol. The van der Waals surface area contributed by atoms with Crippen LogP contribution in [-0.2, 0) is 11.3 Å². The van der Waals surface area contributed by atoms with Crippen LogP contribution in [0.15, 0.2) is 24.3 Å². The van der Waals surface area contributed by atoms with Crippen molar-refractivity contribution < 1.29 is 9.53 Å². The number of nitrogens with one attached hydrogen (secondary N) is 1. The molecular weight excluding hydrogens is 276 g/mol. The predicted octanol–water partition coefficient (Wildman–Crippen LogP) is 2.50. The minimum absolute atomic E-state index is 0. The number of hydrogen-bond acceptors (Lipinski definition) is 3. The highest BCUT2D eigenvalue weighted by Crippen LogP contribution is 2.15. The molecule has 0 fully saturated rings. The number of nitrogens with two attached hydrogens (primary N) is 1. The summed E-state index contributed by atoms with van der Waals surface area (Å²) in [6, 6.07) is 7.47. The molecule has 0 bridgehead atoms. The van der Waals surface area contributed by atoms with Gasteiger partial charge in [0.2, 0.25) is 0 Å². The molecule has 1 aromatic rings. The maximum absolute atomic E-state index is 12.3. The van der Waals surface area contributed by atoms with E-state index < -0.39 is 0 Å². The van der Waals surface area contributed by atoms with Crippen molar-refractivity contribution >= 4 is 18.3 Å². The number of hydrogen-bond donors (Lipinski definition) is 2. The number of carbonyl (C=O) groups excluding carboxylic acids is 1. The van der Waals surface area contributed by atoms with E-state index in [9.17, 15) is 4.79 Å². The summed E-state index contributed by atoms with van der Waals surface area (Å²) in [5, 5.41) is 3.06. The molecule has 0 unspecified atom stereocenters. The Labute approximate surface area is 127 Å². The van der Waals surface area contributed by atoms with Crippen molar-refractivity contribution in [2.24, 2.45) is 5.73 Å². The Morgan fingerprint density at radius 1 is 1.35 bits per heavy atom. The van der Waals surface area contributed by atoms with Crippen LogP contribution in [0.5, 0.6) is 0 Å². The molecule has 5 heteroatoms. The zero-order valence-corrected chi connectivity index (χ0v) is 13.3. The molecule has 0 atom stereocenters. The van der Waals surface area contributed by atoms with Crippen LogP contribution >= 0.6 is 12.4 Å². The molecule has 4 nitrogen and oxygen atoms in total. The number of benzene rings is 1. The van der Waals surface area contributed by atoms with Crippen molar-refractivity contribution in [3.05, 3.63) is 35.4 Å². The van der Waals surface area contributed by atoms with Crippen molar-refractivity contribution in [2.75, 3.05) is 13.7 Å². The van der Waals surface area contributed by atoms with Gasteiger partial charge in [0, 0.05) is 19.2 Å². The maximum Gasteiger partial charge on any atom is 0.251 e. The monoisotopic (exact) mass is 300 g/mol. The summed E-state index contributed by atoms with van der Waals surface area (Å²) in [7, 11) is 1.64. The Morgan fingerprint density at radius 3 is 2.50 bits per heavy atom. The van der Waals surface area contributed by atoms with Gasteiger partial charge < -0.3 is 15.8 Å². The van der Waals surface area contributed by atoms with Crippen molar-refractivity contribution in [2.45, 2.75) is 38.8 Å². The molecule has 1 aromatic carbocycles. The van der Waals surface area contributed by atoms with Crippen LogP contribution in [-0.4, -0.2) is 25.1 Å². The van der Waals surface area contributed by atoms with Crippen LogP contribution in [0.25, 0.3) is 0 Å². The van der Waals surface area contributed by atoms with E-state index in [0.717, 1.165) is 18.4 Å². The van der Waals surface area contributed by atoms with Gasteiger partial charge in [-0.1, -0.05) is 26.0 Å². The lowest BCUT2D eigenvalue weighted by Crippen LogP contribution is -2.52. The molecule has 1 amide bonds. The minimum Gasteiger partial charge on any atom is -0.380 e. The maximum atomic E-state index is 12.3. The Bertz CT molecular complexity index is 412. The highest BCUT2D eigenvalue weighted by Gasteiger charge is 2.26.